The molecule has 0 unspecified atom stereocenters. The number of aromatic nitrogens is 2. The van der Waals surface area contributed by atoms with E-state index in [-0.39, 0.29) is 33.3 Å². The van der Waals surface area contributed by atoms with Crippen LogP contribution in [0.2, 0.25) is 10.0 Å². The van der Waals surface area contributed by atoms with Crippen molar-refractivity contribution < 1.29 is 14.7 Å². The zero-order chi connectivity index (χ0) is 22.7. The number of anilines is 1. The standard InChI is InChI=1S/C21H18Cl2N4O4/c1-27-20(29)17(15(24)10-25-27)12-7-5-11(6-8-12)9-16(21(30)31)26-19(28)18-13(22)3-2-4-14(18)23/h2-8,10,16H,9,24H2,1H3,(H,26,28)(H,30,31)/t16-/m0/s1. The maximum absolute atomic E-state index is 12.5. The highest BCUT2D eigenvalue weighted by Crippen LogP contribution is 2.25. The lowest BCUT2D eigenvalue weighted by atomic mass is 10.0. The number of rotatable bonds is 6. The summed E-state index contributed by atoms with van der Waals surface area (Å²) in [7, 11) is 1.52. The number of hydrogen-bond acceptors (Lipinski definition) is 5. The summed E-state index contributed by atoms with van der Waals surface area (Å²) in [5.74, 6) is -1.90. The smallest absolute Gasteiger partial charge is 0.326 e. The number of amides is 1. The number of carbonyl (C=O) groups is 2. The Morgan fingerprint density at radius 2 is 1.77 bits per heavy atom. The fourth-order valence-electron chi connectivity index (χ4n) is 3.03. The van der Waals surface area contributed by atoms with Crippen molar-refractivity contribution in [2.24, 2.45) is 7.05 Å². The normalized spacial score (nSPS) is 11.7. The average Bonchev–Trinajstić information content (AvgIpc) is 2.71. The molecule has 0 aliphatic carbocycles. The molecule has 4 N–H and O–H groups in total. The molecule has 8 nitrogen and oxygen atoms in total. The number of halogens is 2. The molecule has 160 valence electrons. The van der Waals surface area contributed by atoms with Gasteiger partial charge in [0, 0.05) is 13.5 Å². The number of carbonyl (C=O) groups excluding carboxylic acids is 1. The van der Waals surface area contributed by atoms with Crippen molar-refractivity contribution in [3.8, 4) is 11.1 Å². The van der Waals surface area contributed by atoms with Crippen LogP contribution in [0.15, 0.2) is 53.5 Å². The zero-order valence-electron chi connectivity index (χ0n) is 16.3. The average molecular weight is 461 g/mol. The van der Waals surface area contributed by atoms with E-state index in [0.717, 1.165) is 0 Å². The number of aliphatic carboxylic acids is 1. The predicted molar refractivity (Wildman–Crippen MR) is 118 cm³/mol. The van der Waals surface area contributed by atoms with Crippen LogP contribution in [0.25, 0.3) is 11.1 Å². The third-order valence-corrected chi connectivity index (χ3v) is 5.27. The molecule has 10 heteroatoms. The van der Waals surface area contributed by atoms with Gasteiger partial charge in [-0.05, 0) is 23.3 Å². The van der Waals surface area contributed by atoms with Gasteiger partial charge < -0.3 is 16.2 Å². The van der Waals surface area contributed by atoms with Crippen molar-refractivity contribution in [3.05, 3.63) is 80.2 Å². The second kappa shape index (κ2) is 9.20. The number of carboxylic acid groups (broad SMARTS) is 1. The van der Waals surface area contributed by atoms with Gasteiger partial charge in [0.15, 0.2) is 0 Å². The van der Waals surface area contributed by atoms with Crippen LogP contribution in [0.4, 0.5) is 5.69 Å². The molecule has 0 saturated carbocycles. The molecule has 3 aromatic rings. The number of nitrogens with zero attached hydrogens (tertiary/aromatic N) is 2. The Hall–Kier alpha value is -3.36. The van der Waals surface area contributed by atoms with Gasteiger partial charge in [0.2, 0.25) is 0 Å². The maximum atomic E-state index is 12.5. The van der Waals surface area contributed by atoms with E-state index >= 15 is 0 Å². The number of carboxylic acids is 1. The van der Waals surface area contributed by atoms with E-state index in [4.69, 9.17) is 28.9 Å². The van der Waals surface area contributed by atoms with Crippen LogP contribution in [0.3, 0.4) is 0 Å². The second-order valence-corrected chi connectivity index (χ2v) is 7.58. The maximum Gasteiger partial charge on any atom is 0.326 e. The van der Waals surface area contributed by atoms with Gasteiger partial charge in [0.05, 0.1) is 33.1 Å². The van der Waals surface area contributed by atoms with Crippen molar-refractivity contribution in [1.29, 1.82) is 0 Å². The Labute approximate surface area is 187 Å². The fourth-order valence-corrected chi connectivity index (χ4v) is 3.60. The summed E-state index contributed by atoms with van der Waals surface area (Å²) in [6.45, 7) is 0. The molecule has 3 rings (SSSR count). The Morgan fingerprint density at radius 1 is 1.16 bits per heavy atom. The molecule has 1 atom stereocenters. The molecule has 2 aromatic carbocycles. The summed E-state index contributed by atoms with van der Waals surface area (Å²) in [5, 5.41) is 16.1. The Balaban J connectivity index is 1.82. The number of nitrogens with two attached hydrogens (primary N) is 1. The summed E-state index contributed by atoms with van der Waals surface area (Å²) in [4.78, 5) is 36.6. The first kappa shape index (κ1) is 22.3. The lowest BCUT2D eigenvalue weighted by molar-refractivity contribution is -0.139. The number of hydrogen-bond donors (Lipinski definition) is 3. The quantitative estimate of drug-likeness (QED) is 0.518. The molecule has 1 aromatic heterocycles. The first-order chi connectivity index (χ1) is 14.7. The minimum Gasteiger partial charge on any atom is -0.480 e. The van der Waals surface area contributed by atoms with E-state index in [1.54, 1.807) is 30.3 Å². The van der Waals surface area contributed by atoms with E-state index in [0.29, 0.717) is 16.7 Å². The molecule has 0 radical (unpaired) electrons. The molecule has 0 aliphatic rings. The molecule has 0 saturated heterocycles. The lowest BCUT2D eigenvalue weighted by Gasteiger charge is -2.16. The number of aryl methyl sites for hydroxylation is 1. The van der Waals surface area contributed by atoms with Gasteiger partial charge in [-0.1, -0.05) is 53.5 Å². The number of nitrogen functional groups attached to an aromatic ring is 1. The Bertz CT molecular complexity index is 1190. The monoisotopic (exact) mass is 460 g/mol. The van der Waals surface area contributed by atoms with Gasteiger partial charge in [-0.15, -0.1) is 0 Å². The van der Waals surface area contributed by atoms with E-state index in [1.165, 1.54) is 30.1 Å². The zero-order valence-corrected chi connectivity index (χ0v) is 17.8. The minimum atomic E-state index is -1.22. The van der Waals surface area contributed by atoms with E-state index < -0.39 is 17.9 Å². The minimum absolute atomic E-state index is 0.00720. The summed E-state index contributed by atoms with van der Waals surface area (Å²) >= 11 is 12.1. The van der Waals surface area contributed by atoms with Crippen LogP contribution in [-0.2, 0) is 18.3 Å². The SMILES string of the molecule is Cn1ncc(N)c(-c2ccc(C[C@H](NC(=O)c3c(Cl)cccc3Cl)C(=O)O)cc2)c1=O. The van der Waals surface area contributed by atoms with Crippen molar-refractivity contribution in [2.45, 2.75) is 12.5 Å². The molecule has 0 aliphatic heterocycles. The van der Waals surface area contributed by atoms with Gasteiger partial charge in [-0.3, -0.25) is 9.59 Å². The summed E-state index contributed by atoms with van der Waals surface area (Å²) in [5.41, 5.74) is 7.30. The lowest BCUT2D eigenvalue weighted by Crippen LogP contribution is -2.42. The third-order valence-electron chi connectivity index (χ3n) is 4.64. The van der Waals surface area contributed by atoms with Crippen LogP contribution in [0.1, 0.15) is 15.9 Å². The summed E-state index contributed by atoms with van der Waals surface area (Å²) < 4.78 is 1.18. The molecule has 1 amide bonds. The molecule has 0 spiro atoms. The van der Waals surface area contributed by atoms with E-state index in [2.05, 4.69) is 10.4 Å². The van der Waals surface area contributed by atoms with Gasteiger partial charge in [-0.25, -0.2) is 9.48 Å². The van der Waals surface area contributed by atoms with Crippen molar-refractivity contribution in [3.63, 3.8) is 0 Å². The second-order valence-electron chi connectivity index (χ2n) is 6.77. The highest BCUT2D eigenvalue weighted by Gasteiger charge is 2.24. The summed E-state index contributed by atoms with van der Waals surface area (Å²) in [6.07, 6.45) is 1.40. The molecule has 1 heterocycles. The van der Waals surface area contributed by atoms with Gasteiger partial charge >= 0.3 is 5.97 Å². The van der Waals surface area contributed by atoms with Gasteiger partial charge in [0.25, 0.3) is 11.5 Å². The first-order valence-corrected chi connectivity index (χ1v) is 9.83. The first-order valence-electron chi connectivity index (χ1n) is 9.07. The molecule has 0 bridgehead atoms. The third kappa shape index (κ3) is 4.87. The summed E-state index contributed by atoms with van der Waals surface area (Å²) in [6, 6.07) is 10.0. The van der Waals surface area contributed by atoms with Crippen LogP contribution in [0, 0.1) is 0 Å². The van der Waals surface area contributed by atoms with E-state index in [1.807, 2.05) is 0 Å². The van der Waals surface area contributed by atoms with Gasteiger partial charge in [0.1, 0.15) is 6.04 Å². The highest BCUT2D eigenvalue weighted by atomic mass is 35.5. The van der Waals surface area contributed by atoms with Crippen molar-refractivity contribution in [2.75, 3.05) is 5.73 Å². The molecular formula is C21H18Cl2N4O4. The Kier molecular flexibility index (Phi) is 6.62. The molecule has 0 fully saturated rings. The van der Waals surface area contributed by atoms with Gasteiger partial charge in [-0.2, -0.15) is 5.10 Å². The molecule has 31 heavy (non-hydrogen) atoms. The predicted octanol–water partition coefficient (Wildman–Crippen LogP) is 2.76. The van der Waals surface area contributed by atoms with Crippen LogP contribution < -0.4 is 16.6 Å². The van der Waals surface area contributed by atoms with Crippen molar-refractivity contribution in [1.82, 2.24) is 15.1 Å². The highest BCUT2D eigenvalue weighted by molar-refractivity contribution is 6.39. The number of benzene rings is 2. The van der Waals surface area contributed by atoms with Crippen molar-refractivity contribution >= 4 is 40.8 Å². The van der Waals surface area contributed by atoms with Crippen LogP contribution in [-0.4, -0.2) is 32.8 Å². The largest absolute Gasteiger partial charge is 0.480 e. The van der Waals surface area contributed by atoms with E-state index in [9.17, 15) is 19.5 Å². The van der Waals surface area contributed by atoms with Crippen LogP contribution >= 0.6 is 23.2 Å². The molecular weight excluding hydrogens is 443 g/mol. The topological polar surface area (TPSA) is 127 Å². The fraction of sp³-hybridized carbons (Fsp3) is 0.143. The Morgan fingerprint density at radius 3 is 2.35 bits per heavy atom. The number of nitrogens with one attached hydrogen (secondary N) is 1. The van der Waals surface area contributed by atoms with Crippen LogP contribution in [0.5, 0.6) is 0 Å².